The molecule has 0 aliphatic carbocycles. The van der Waals surface area contributed by atoms with E-state index in [1.54, 1.807) is 30.5 Å². The van der Waals surface area contributed by atoms with Gasteiger partial charge in [-0.25, -0.2) is 0 Å². The number of nitrogens with zero attached hydrogens (tertiary/aromatic N) is 2. The summed E-state index contributed by atoms with van der Waals surface area (Å²) in [5.41, 5.74) is 5.91. The molecular formula is C13H13N3O3. The molecular weight excluding hydrogens is 246 g/mol. The first kappa shape index (κ1) is 12.8. The summed E-state index contributed by atoms with van der Waals surface area (Å²) in [5.74, 6) is -2.30. The molecule has 1 unspecified atom stereocenters. The van der Waals surface area contributed by atoms with E-state index in [-0.39, 0.29) is 12.2 Å². The van der Waals surface area contributed by atoms with Gasteiger partial charge < -0.3 is 10.8 Å². The molecule has 1 aromatic heterocycles. The summed E-state index contributed by atoms with van der Waals surface area (Å²) in [4.78, 5) is 22.2. The van der Waals surface area contributed by atoms with E-state index in [9.17, 15) is 14.7 Å². The molecule has 0 aliphatic rings. The monoisotopic (exact) mass is 259 g/mol. The van der Waals surface area contributed by atoms with Gasteiger partial charge >= 0.3 is 5.97 Å². The van der Waals surface area contributed by atoms with Gasteiger partial charge in [0.15, 0.2) is 0 Å². The Morgan fingerprint density at radius 1 is 1.26 bits per heavy atom. The summed E-state index contributed by atoms with van der Waals surface area (Å²) in [6.45, 7) is 0.145. The number of hydrogen-bond donors (Lipinski definition) is 2. The van der Waals surface area contributed by atoms with Crippen molar-refractivity contribution in [1.82, 2.24) is 9.78 Å². The quantitative estimate of drug-likeness (QED) is 0.831. The van der Waals surface area contributed by atoms with Crippen LogP contribution in [0.5, 0.6) is 0 Å². The highest BCUT2D eigenvalue weighted by molar-refractivity contribution is 5.90. The van der Waals surface area contributed by atoms with Gasteiger partial charge in [0, 0.05) is 6.20 Å². The molecule has 2 rings (SSSR count). The number of rotatable bonds is 5. The van der Waals surface area contributed by atoms with Crippen LogP contribution < -0.4 is 5.73 Å². The van der Waals surface area contributed by atoms with E-state index in [1.165, 1.54) is 10.7 Å². The first-order chi connectivity index (χ1) is 9.08. The largest absolute Gasteiger partial charge is 0.481 e. The first-order valence-electron chi connectivity index (χ1n) is 5.69. The van der Waals surface area contributed by atoms with Crippen molar-refractivity contribution >= 4 is 11.9 Å². The van der Waals surface area contributed by atoms with E-state index in [4.69, 9.17) is 5.73 Å². The Bertz CT molecular complexity index is 592. The Balaban J connectivity index is 2.22. The van der Waals surface area contributed by atoms with E-state index >= 15 is 0 Å². The van der Waals surface area contributed by atoms with Gasteiger partial charge in [-0.05, 0) is 11.6 Å². The maximum atomic E-state index is 11.3. The fourth-order valence-corrected chi connectivity index (χ4v) is 1.79. The van der Waals surface area contributed by atoms with Crippen molar-refractivity contribution in [2.75, 3.05) is 0 Å². The molecule has 0 saturated carbocycles. The molecule has 1 atom stereocenters. The summed E-state index contributed by atoms with van der Waals surface area (Å²) in [5, 5.41) is 13.2. The zero-order chi connectivity index (χ0) is 13.8. The van der Waals surface area contributed by atoms with Crippen LogP contribution in [0.4, 0.5) is 0 Å². The van der Waals surface area contributed by atoms with Crippen LogP contribution >= 0.6 is 0 Å². The molecule has 0 fully saturated rings. The van der Waals surface area contributed by atoms with Crippen molar-refractivity contribution in [3.8, 4) is 0 Å². The van der Waals surface area contributed by atoms with Crippen molar-refractivity contribution < 1.29 is 14.7 Å². The SMILES string of the molecule is NC(=O)c1ccn(CC(C(=O)O)c2ccccc2)n1. The highest BCUT2D eigenvalue weighted by atomic mass is 16.4. The van der Waals surface area contributed by atoms with Crippen LogP contribution in [0.2, 0.25) is 0 Å². The van der Waals surface area contributed by atoms with E-state index in [1.807, 2.05) is 6.07 Å². The molecule has 0 aliphatic heterocycles. The van der Waals surface area contributed by atoms with E-state index in [0.717, 1.165) is 0 Å². The van der Waals surface area contributed by atoms with Gasteiger partial charge in [0.05, 0.1) is 6.54 Å². The molecule has 98 valence electrons. The third-order valence-corrected chi connectivity index (χ3v) is 2.76. The number of amides is 1. The van der Waals surface area contributed by atoms with Crippen molar-refractivity contribution in [3.63, 3.8) is 0 Å². The van der Waals surface area contributed by atoms with E-state index < -0.39 is 17.8 Å². The maximum Gasteiger partial charge on any atom is 0.312 e. The molecule has 1 amide bonds. The third-order valence-electron chi connectivity index (χ3n) is 2.76. The molecule has 1 aromatic carbocycles. The zero-order valence-electron chi connectivity index (χ0n) is 10.1. The number of hydrogen-bond acceptors (Lipinski definition) is 3. The van der Waals surface area contributed by atoms with Gasteiger partial charge in [0.1, 0.15) is 11.6 Å². The smallest absolute Gasteiger partial charge is 0.312 e. The summed E-state index contributed by atoms with van der Waals surface area (Å²) >= 11 is 0. The van der Waals surface area contributed by atoms with Crippen LogP contribution in [0.25, 0.3) is 0 Å². The van der Waals surface area contributed by atoms with Gasteiger partial charge in [0.2, 0.25) is 0 Å². The Hall–Kier alpha value is -2.63. The number of primary amides is 1. The van der Waals surface area contributed by atoms with Gasteiger partial charge in [-0.2, -0.15) is 5.10 Å². The van der Waals surface area contributed by atoms with E-state index in [2.05, 4.69) is 5.10 Å². The molecule has 0 saturated heterocycles. The minimum absolute atomic E-state index is 0.122. The molecule has 2 aromatic rings. The van der Waals surface area contributed by atoms with E-state index in [0.29, 0.717) is 5.56 Å². The zero-order valence-corrected chi connectivity index (χ0v) is 10.1. The normalized spacial score (nSPS) is 12.0. The van der Waals surface area contributed by atoms with Crippen LogP contribution in [0.15, 0.2) is 42.6 Å². The molecule has 6 nitrogen and oxygen atoms in total. The minimum atomic E-state index is -0.942. The second kappa shape index (κ2) is 5.34. The second-order valence-electron chi connectivity index (χ2n) is 4.09. The summed E-state index contributed by atoms with van der Waals surface area (Å²) < 4.78 is 1.41. The van der Waals surface area contributed by atoms with Crippen LogP contribution in [-0.4, -0.2) is 26.8 Å². The van der Waals surface area contributed by atoms with Crippen LogP contribution in [0, 0.1) is 0 Å². The second-order valence-corrected chi connectivity index (χ2v) is 4.09. The summed E-state index contributed by atoms with van der Waals surface area (Å²) in [6, 6.07) is 10.3. The Morgan fingerprint density at radius 3 is 2.47 bits per heavy atom. The molecule has 0 bridgehead atoms. The van der Waals surface area contributed by atoms with Crippen molar-refractivity contribution in [3.05, 3.63) is 53.9 Å². The number of aromatic nitrogens is 2. The Labute approximate surface area is 109 Å². The predicted octanol–water partition coefficient (Wildman–Crippen LogP) is 0.850. The number of carboxylic acids is 1. The molecule has 0 radical (unpaired) electrons. The summed E-state index contributed by atoms with van der Waals surface area (Å²) in [7, 11) is 0. The van der Waals surface area contributed by atoms with Gasteiger partial charge in [-0.3, -0.25) is 14.3 Å². The number of carbonyl (C=O) groups excluding carboxylic acids is 1. The third kappa shape index (κ3) is 2.98. The maximum absolute atomic E-state index is 11.3. The molecule has 1 heterocycles. The average Bonchev–Trinajstić information content (AvgIpc) is 2.85. The van der Waals surface area contributed by atoms with Crippen molar-refractivity contribution in [2.45, 2.75) is 12.5 Å². The fourth-order valence-electron chi connectivity index (χ4n) is 1.79. The van der Waals surface area contributed by atoms with Crippen LogP contribution in [-0.2, 0) is 11.3 Å². The van der Waals surface area contributed by atoms with Crippen molar-refractivity contribution in [1.29, 1.82) is 0 Å². The number of carboxylic acid groups (broad SMARTS) is 1. The topological polar surface area (TPSA) is 98.2 Å². The Morgan fingerprint density at radius 2 is 1.95 bits per heavy atom. The highest BCUT2D eigenvalue weighted by Crippen LogP contribution is 2.18. The number of aliphatic carboxylic acids is 1. The lowest BCUT2D eigenvalue weighted by Crippen LogP contribution is -2.19. The number of benzene rings is 1. The molecule has 6 heteroatoms. The number of nitrogens with two attached hydrogens (primary N) is 1. The average molecular weight is 259 g/mol. The van der Waals surface area contributed by atoms with Gasteiger partial charge in [-0.1, -0.05) is 30.3 Å². The van der Waals surface area contributed by atoms with Gasteiger partial charge in [-0.15, -0.1) is 0 Å². The first-order valence-corrected chi connectivity index (χ1v) is 5.69. The Kier molecular flexibility index (Phi) is 3.61. The lowest BCUT2D eigenvalue weighted by molar-refractivity contribution is -0.139. The lowest BCUT2D eigenvalue weighted by atomic mass is 9.99. The predicted molar refractivity (Wildman–Crippen MR) is 67.6 cm³/mol. The molecule has 0 spiro atoms. The number of carbonyl (C=O) groups is 2. The lowest BCUT2D eigenvalue weighted by Gasteiger charge is -2.12. The van der Waals surface area contributed by atoms with Gasteiger partial charge in [0.25, 0.3) is 5.91 Å². The molecule has 19 heavy (non-hydrogen) atoms. The summed E-state index contributed by atoms with van der Waals surface area (Å²) in [6.07, 6.45) is 1.54. The van der Waals surface area contributed by atoms with Crippen molar-refractivity contribution in [2.24, 2.45) is 5.73 Å². The minimum Gasteiger partial charge on any atom is -0.481 e. The fraction of sp³-hybridized carbons (Fsp3) is 0.154. The molecule has 3 N–H and O–H groups in total. The standard InChI is InChI=1S/C13H13N3O3/c14-12(17)11-6-7-16(15-11)8-10(13(18)19)9-4-2-1-3-5-9/h1-7,10H,8H2,(H2,14,17)(H,18,19). The van der Waals surface area contributed by atoms with Crippen LogP contribution in [0.3, 0.4) is 0 Å². The highest BCUT2D eigenvalue weighted by Gasteiger charge is 2.20. The van der Waals surface area contributed by atoms with Crippen LogP contribution in [0.1, 0.15) is 22.0 Å².